The fourth-order valence-electron chi connectivity index (χ4n) is 1.77. The van der Waals surface area contributed by atoms with Crippen LogP contribution in [0.2, 0.25) is 5.02 Å². The highest BCUT2D eigenvalue weighted by atomic mass is 35.5. The molecule has 1 aromatic carbocycles. The van der Waals surface area contributed by atoms with Crippen LogP contribution in [0.3, 0.4) is 0 Å². The minimum absolute atomic E-state index is 0.0937. The first-order chi connectivity index (χ1) is 6.89. The number of nitrogens with two attached hydrogens (primary N) is 1. The highest BCUT2D eigenvalue weighted by molar-refractivity contribution is 6.31. The third-order valence-corrected chi connectivity index (χ3v) is 2.55. The van der Waals surface area contributed by atoms with Gasteiger partial charge in [0, 0.05) is 10.6 Å². The van der Waals surface area contributed by atoms with Gasteiger partial charge in [-0.1, -0.05) is 11.6 Å². The molecule has 2 aromatic rings. The molecule has 1 aromatic heterocycles. The Labute approximate surface area is 93.9 Å². The maximum atomic E-state index is 5.97. The lowest BCUT2D eigenvalue weighted by molar-refractivity contribution is 0.414. The quantitative estimate of drug-likeness (QED) is 0.746. The van der Waals surface area contributed by atoms with Gasteiger partial charge in [0.05, 0.1) is 11.0 Å². The van der Waals surface area contributed by atoms with E-state index in [0.717, 1.165) is 11.0 Å². The van der Waals surface area contributed by atoms with Crippen LogP contribution in [0, 0.1) is 0 Å². The molecule has 0 radical (unpaired) electrons. The van der Waals surface area contributed by atoms with Crippen LogP contribution in [0.5, 0.6) is 0 Å². The maximum Gasteiger partial charge on any atom is 0.201 e. The molecule has 80 valence electrons. The van der Waals surface area contributed by atoms with Crippen molar-refractivity contribution < 1.29 is 0 Å². The Kier molecular flexibility index (Phi) is 2.15. The first-order valence-corrected chi connectivity index (χ1v) is 5.21. The molecule has 0 spiro atoms. The molecule has 0 atom stereocenters. The Balaban J connectivity index is 2.82. The van der Waals surface area contributed by atoms with Gasteiger partial charge in [0.15, 0.2) is 0 Å². The Hall–Kier alpha value is -1.22. The molecule has 0 saturated carbocycles. The van der Waals surface area contributed by atoms with Gasteiger partial charge in [0.1, 0.15) is 0 Å². The maximum absolute atomic E-state index is 5.97. The molecule has 0 amide bonds. The normalized spacial score (nSPS) is 12.3. The number of rotatable bonds is 0. The van der Waals surface area contributed by atoms with E-state index in [1.165, 1.54) is 0 Å². The summed E-state index contributed by atoms with van der Waals surface area (Å²) in [5.74, 6) is 0.528. The van der Waals surface area contributed by atoms with Crippen molar-refractivity contribution in [1.82, 2.24) is 9.55 Å². The SMILES string of the molecule is CC(C)(C)n1c(N)nc2ccc(Cl)cc21. The molecular weight excluding hydrogens is 210 g/mol. The number of aromatic nitrogens is 2. The van der Waals surface area contributed by atoms with E-state index >= 15 is 0 Å². The van der Waals surface area contributed by atoms with Gasteiger partial charge in [-0.25, -0.2) is 4.98 Å². The lowest BCUT2D eigenvalue weighted by Crippen LogP contribution is -2.23. The molecule has 2 rings (SSSR count). The second-order valence-corrected chi connectivity index (χ2v) is 5.05. The van der Waals surface area contributed by atoms with Gasteiger partial charge < -0.3 is 10.3 Å². The summed E-state index contributed by atoms with van der Waals surface area (Å²) >= 11 is 5.97. The van der Waals surface area contributed by atoms with E-state index in [9.17, 15) is 0 Å². The molecule has 1 heterocycles. The molecule has 15 heavy (non-hydrogen) atoms. The average molecular weight is 224 g/mol. The number of fused-ring (bicyclic) bond motifs is 1. The third kappa shape index (κ3) is 1.67. The van der Waals surface area contributed by atoms with Crippen LogP contribution >= 0.6 is 11.6 Å². The Morgan fingerprint density at radius 3 is 2.60 bits per heavy atom. The van der Waals surface area contributed by atoms with Crippen LogP contribution < -0.4 is 5.73 Å². The largest absolute Gasteiger partial charge is 0.369 e. The molecule has 0 aliphatic rings. The molecule has 0 unspecified atom stereocenters. The number of imidazole rings is 1. The van der Waals surface area contributed by atoms with Crippen molar-refractivity contribution in [1.29, 1.82) is 0 Å². The van der Waals surface area contributed by atoms with E-state index in [-0.39, 0.29) is 5.54 Å². The predicted molar refractivity (Wildman–Crippen MR) is 64.2 cm³/mol. The second-order valence-electron chi connectivity index (χ2n) is 4.61. The third-order valence-electron chi connectivity index (χ3n) is 2.31. The number of anilines is 1. The second kappa shape index (κ2) is 3.14. The number of hydrogen-bond acceptors (Lipinski definition) is 2. The number of hydrogen-bond donors (Lipinski definition) is 1. The Bertz CT molecular complexity index is 508. The molecule has 0 fully saturated rings. The number of nitrogens with zero attached hydrogens (tertiary/aromatic N) is 2. The monoisotopic (exact) mass is 223 g/mol. The van der Waals surface area contributed by atoms with Crippen molar-refractivity contribution in [2.75, 3.05) is 5.73 Å². The fraction of sp³-hybridized carbons (Fsp3) is 0.364. The summed E-state index contributed by atoms with van der Waals surface area (Å²) in [4.78, 5) is 4.30. The summed E-state index contributed by atoms with van der Waals surface area (Å²) in [7, 11) is 0. The van der Waals surface area contributed by atoms with Crippen LogP contribution in [-0.4, -0.2) is 9.55 Å². The van der Waals surface area contributed by atoms with E-state index in [0.29, 0.717) is 11.0 Å². The number of benzene rings is 1. The molecule has 0 bridgehead atoms. The highest BCUT2D eigenvalue weighted by Crippen LogP contribution is 2.28. The average Bonchev–Trinajstić information content (AvgIpc) is 2.38. The molecule has 0 aliphatic carbocycles. The van der Waals surface area contributed by atoms with E-state index in [1.54, 1.807) is 0 Å². The zero-order valence-electron chi connectivity index (χ0n) is 9.08. The van der Waals surface area contributed by atoms with Crippen molar-refractivity contribution in [2.45, 2.75) is 26.3 Å². The zero-order chi connectivity index (χ0) is 11.2. The van der Waals surface area contributed by atoms with E-state index in [1.807, 2.05) is 22.8 Å². The summed E-state index contributed by atoms with van der Waals surface area (Å²) in [5, 5.41) is 0.702. The van der Waals surface area contributed by atoms with E-state index in [4.69, 9.17) is 17.3 Å². The lowest BCUT2D eigenvalue weighted by atomic mass is 10.1. The van der Waals surface area contributed by atoms with Crippen molar-refractivity contribution in [3.8, 4) is 0 Å². The minimum atomic E-state index is -0.0937. The van der Waals surface area contributed by atoms with Gasteiger partial charge in [-0.15, -0.1) is 0 Å². The van der Waals surface area contributed by atoms with Crippen molar-refractivity contribution >= 4 is 28.6 Å². The number of halogens is 1. The summed E-state index contributed by atoms with van der Waals surface area (Å²) in [6.45, 7) is 6.27. The van der Waals surface area contributed by atoms with Crippen LogP contribution in [0.4, 0.5) is 5.95 Å². The molecule has 4 heteroatoms. The van der Waals surface area contributed by atoms with Gasteiger partial charge in [-0.3, -0.25) is 0 Å². The van der Waals surface area contributed by atoms with E-state index < -0.39 is 0 Å². The minimum Gasteiger partial charge on any atom is -0.369 e. The van der Waals surface area contributed by atoms with Gasteiger partial charge in [-0.2, -0.15) is 0 Å². The number of nitrogen functional groups attached to an aromatic ring is 1. The molecular formula is C11H14ClN3. The van der Waals surface area contributed by atoms with Gasteiger partial charge in [0.25, 0.3) is 0 Å². The van der Waals surface area contributed by atoms with Crippen molar-refractivity contribution in [2.24, 2.45) is 0 Å². The van der Waals surface area contributed by atoms with Crippen LogP contribution in [0.1, 0.15) is 20.8 Å². The lowest BCUT2D eigenvalue weighted by Gasteiger charge is -2.23. The summed E-state index contributed by atoms with van der Waals surface area (Å²) < 4.78 is 1.99. The Morgan fingerprint density at radius 2 is 2.00 bits per heavy atom. The molecule has 3 nitrogen and oxygen atoms in total. The van der Waals surface area contributed by atoms with Crippen molar-refractivity contribution in [3.63, 3.8) is 0 Å². The summed E-state index contributed by atoms with van der Waals surface area (Å²) in [5.41, 5.74) is 7.67. The van der Waals surface area contributed by atoms with Gasteiger partial charge in [0.2, 0.25) is 5.95 Å². The van der Waals surface area contributed by atoms with Crippen LogP contribution in [0.15, 0.2) is 18.2 Å². The van der Waals surface area contributed by atoms with Crippen LogP contribution in [0.25, 0.3) is 11.0 Å². The first-order valence-electron chi connectivity index (χ1n) is 4.83. The zero-order valence-corrected chi connectivity index (χ0v) is 9.84. The van der Waals surface area contributed by atoms with Crippen LogP contribution in [-0.2, 0) is 5.54 Å². The van der Waals surface area contributed by atoms with Gasteiger partial charge >= 0.3 is 0 Å². The van der Waals surface area contributed by atoms with E-state index in [2.05, 4.69) is 25.8 Å². The molecule has 0 saturated heterocycles. The Morgan fingerprint density at radius 1 is 1.33 bits per heavy atom. The van der Waals surface area contributed by atoms with Gasteiger partial charge in [-0.05, 0) is 39.0 Å². The topological polar surface area (TPSA) is 43.8 Å². The molecule has 2 N–H and O–H groups in total. The van der Waals surface area contributed by atoms with Crippen molar-refractivity contribution in [3.05, 3.63) is 23.2 Å². The predicted octanol–water partition coefficient (Wildman–Crippen LogP) is 3.03. The standard InChI is InChI=1S/C11H14ClN3/c1-11(2,3)15-9-6-7(12)4-5-8(9)14-10(15)13/h4-6H,1-3H3,(H2,13,14). The smallest absolute Gasteiger partial charge is 0.201 e. The summed E-state index contributed by atoms with van der Waals surface area (Å²) in [6.07, 6.45) is 0. The first kappa shape index (κ1) is 10.3. The summed E-state index contributed by atoms with van der Waals surface area (Å²) in [6, 6.07) is 5.60. The highest BCUT2D eigenvalue weighted by Gasteiger charge is 2.19. The molecule has 0 aliphatic heterocycles. The fourth-order valence-corrected chi connectivity index (χ4v) is 1.94.